The molecule has 1 saturated heterocycles. The van der Waals surface area contributed by atoms with E-state index in [0.717, 1.165) is 17.7 Å². The van der Waals surface area contributed by atoms with Crippen LogP contribution < -0.4 is 5.32 Å². The topological polar surface area (TPSA) is 66.5 Å². The van der Waals surface area contributed by atoms with Crippen molar-refractivity contribution in [2.24, 2.45) is 5.92 Å². The molecule has 1 aliphatic heterocycles. The van der Waals surface area contributed by atoms with Crippen molar-refractivity contribution in [3.05, 3.63) is 76.7 Å². The van der Waals surface area contributed by atoms with E-state index in [4.69, 9.17) is 0 Å². The molecule has 0 spiro atoms. The first kappa shape index (κ1) is 26.0. The number of nitrogens with one attached hydrogen (secondary N) is 1. The Kier molecular flexibility index (Phi) is 8.54. The molecule has 1 fully saturated rings. The largest absolute Gasteiger partial charge is 0.416 e. The van der Waals surface area contributed by atoms with Crippen LogP contribution in [0.3, 0.4) is 0 Å². The molecule has 9 heteroatoms. The zero-order valence-electron chi connectivity index (χ0n) is 19.0. The molecule has 1 aliphatic rings. The van der Waals surface area contributed by atoms with Gasteiger partial charge >= 0.3 is 6.18 Å². The number of carbonyl (C=O) groups excluding carboxylic acids is 1. The van der Waals surface area contributed by atoms with Crippen molar-refractivity contribution in [1.29, 1.82) is 0 Å². The van der Waals surface area contributed by atoms with Crippen LogP contribution in [-0.2, 0) is 21.0 Å². The zero-order valence-corrected chi connectivity index (χ0v) is 19.8. The van der Waals surface area contributed by atoms with Crippen LogP contribution in [0.2, 0.25) is 0 Å². The first-order chi connectivity index (χ1) is 16.1. The number of sulfonamides is 1. The summed E-state index contributed by atoms with van der Waals surface area (Å²) < 4.78 is 66.0. The molecule has 0 aromatic heterocycles. The minimum atomic E-state index is -4.45. The summed E-state index contributed by atoms with van der Waals surface area (Å²) in [5, 5.41) is 4.07. The van der Waals surface area contributed by atoms with Gasteiger partial charge in [-0.05, 0) is 48.6 Å². The molecule has 1 N–H and O–H groups in total. The van der Waals surface area contributed by atoms with Gasteiger partial charge in [0.05, 0.1) is 11.6 Å². The van der Waals surface area contributed by atoms with Gasteiger partial charge in [0.2, 0.25) is 15.9 Å². The normalized spacial score (nSPS) is 17.1. The lowest BCUT2D eigenvalue weighted by Crippen LogP contribution is -2.43. The second-order valence-corrected chi connectivity index (χ2v) is 10.2. The fourth-order valence-electron chi connectivity index (χ4n) is 4.02. The Labute approximate surface area is 198 Å². The van der Waals surface area contributed by atoms with Crippen molar-refractivity contribution in [1.82, 2.24) is 9.62 Å². The highest BCUT2D eigenvalue weighted by Gasteiger charge is 2.33. The van der Waals surface area contributed by atoms with Crippen LogP contribution in [0.4, 0.5) is 13.2 Å². The third-order valence-corrected chi connectivity index (χ3v) is 7.49. The molecule has 1 heterocycles. The lowest BCUT2D eigenvalue weighted by molar-refractivity contribution is -0.137. The summed E-state index contributed by atoms with van der Waals surface area (Å²) in [7, 11) is -3.61. The van der Waals surface area contributed by atoms with E-state index in [1.165, 1.54) is 15.8 Å². The maximum absolute atomic E-state index is 13.1. The molecule has 5 nitrogen and oxygen atoms in total. The van der Waals surface area contributed by atoms with Gasteiger partial charge in [0.25, 0.3) is 0 Å². The highest BCUT2D eigenvalue weighted by Crippen LogP contribution is 2.32. The summed E-state index contributed by atoms with van der Waals surface area (Å²) in [6.45, 7) is 2.32. The van der Waals surface area contributed by atoms with Gasteiger partial charge in [0, 0.05) is 24.4 Å². The molecular weight excluding hydrogens is 465 g/mol. The van der Waals surface area contributed by atoms with E-state index in [1.54, 1.807) is 24.3 Å². The van der Waals surface area contributed by atoms with Gasteiger partial charge in [-0.25, -0.2) is 8.42 Å². The van der Waals surface area contributed by atoms with Crippen LogP contribution in [0.15, 0.2) is 60.0 Å². The van der Waals surface area contributed by atoms with Gasteiger partial charge in [-0.3, -0.25) is 4.79 Å². The third kappa shape index (κ3) is 6.93. The number of nitrogens with zero attached hydrogens (tertiary/aromatic N) is 1. The van der Waals surface area contributed by atoms with Crippen LogP contribution in [0.25, 0.3) is 6.08 Å². The minimum Gasteiger partial charge on any atom is -0.349 e. The van der Waals surface area contributed by atoms with Crippen LogP contribution in [0.5, 0.6) is 0 Å². The zero-order chi connectivity index (χ0) is 24.8. The van der Waals surface area contributed by atoms with Gasteiger partial charge < -0.3 is 5.32 Å². The Morgan fingerprint density at radius 3 is 2.41 bits per heavy atom. The Morgan fingerprint density at radius 2 is 1.79 bits per heavy atom. The lowest BCUT2D eigenvalue weighted by Gasteiger charge is -2.31. The summed E-state index contributed by atoms with van der Waals surface area (Å²) >= 11 is 0. The van der Waals surface area contributed by atoms with E-state index >= 15 is 0 Å². The SMILES string of the molecule is CCC[C@@H](NC(=O)C1CCN(S(=O)(=O)/C=C\c2ccccc2)CC1)c1cccc(C(F)(F)F)c1. The van der Waals surface area contributed by atoms with Crippen molar-refractivity contribution < 1.29 is 26.4 Å². The number of benzene rings is 2. The van der Waals surface area contributed by atoms with E-state index in [-0.39, 0.29) is 19.0 Å². The summed E-state index contributed by atoms with van der Waals surface area (Å²) in [5.74, 6) is -0.651. The van der Waals surface area contributed by atoms with Crippen LogP contribution in [0.1, 0.15) is 55.3 Å². The van der Waals surface area contributed by atoms with Crippen molar-refractivity contribution in [3.8, 4) is 0 Å². The second-order valence-electron chi connectivity index (χ2n) is 8.40. The van der Waals surface area contributed by atoms with Crippen molar-refractivity contribution in [2.45, 2.75) is 44.8 Å². The number of carbonyl (C=O) groups is 1. The average molecular weight is 495 g/mol. The van der Waals surface area contributed by atoms with E-state index in [9.17, 15) is 26.4 Å². The second kappa shape index (κ2) is 11.2. The summed E-state index contributed by atoms with van der Waals surface area (Å²) in [4.78, 5) is 12.9. The lowest BCUT2D eigenvalue weighted by atomic mass is 9.95. The number of hydrogen-bond acceptors (Lipinski definition) is 3. The molecule has 1 atom stereocenters. The molecule has 2 aromatic carbocycles. The molecule has 3 rings (SSSR count). The Balaban J connectivity index is 1.61. The van der Waals surface area contributed by atoms with E-state index in [0.29, 0.717) is 31.2 Å². The predicted molar refractivity (Wildman–Crippen MR) is 126 cm³/mol. The van der Waals surface area contributed by atoms with Crippen LogP contribution in [0, 0.1) is 5.92 Å². The molecule has 0 bridgehead atoms. The fraction of sp³-hybridized carbons (Fsp3) is 0.400. The molecule has 0 saturated carbocycles. The average Bonchev–Trinajstić information content (AvgIpc) is 2.83. The van der Waals surface area contributed by atoms with E-state index < -0.39 is 33.7 Å². The molecule has 2 aromatic rings. The highest BCUT2D eigenvalue weighted by atomic mass is 32.2. The summed E-state index contributed by atoms with van der Waals surface area (Å²) in [6, 6.07) is 13.6. The monoisotopic (exact) mass is 494 g/mol. The molecule has 34 heavy (non-hydrogen) atoms. The van der Waals surface area contributed by atoms with Gasteiger partial charge in [-0.2, -0.15) is 17.5 Å². The highest BCUT2D eigenvalue weighted by molar-refractivity contribution is 7.92. The number of hydrogen-bond donors (Lipinski definition) is 1. The maximum atomic E-state index is 13.1. The predicted octanol–water partition coefficient (Wildman–Crippen LogP) is 5.38. The number of piperidine rings is 1. The van der Waals surface area contributed by atoms with Gasteiger partial charge in [-0.15, -0.1) is 0 Å². The van der Waals surface area contributed by atoms with Crippen molar-refractivity contribution in [3.63, 3.8) is 0 Å². The van der Waals surface area contributed by atoms with Crippen LogP contribution in [-0.4, -0.2) is 31.7 Å². The number of alkyl halides is 3. The van der Waals surface area contributed by atoms with E-state index in [1.807, 2.05) is 25.1 Å². The molecule has 1 amide bonds. The van der Waals surface area contributed by atoms with Gasteiger partial charge in [0.1, 0.15) is 0 Å². The fourth-order valence-corrected chi connectivity index (χ4v) is 5.24. The quantitative estimate of drug-likeness (QED) is 0.536. The van der Waals surface area contributed by atoms with Gasteiger partial charge in [-0.1, -0.05) is 55.8 Å². The van der Waals surface area contributed by atoms with Crippen molar-refractivity contribution in [2.75, 3.05) is 13.1 Å². The number of halogens is 3. The maximum Gasteiger partial charge on any atom is 0.416 e. The first-order valence-corrected chi connectivity index (χ1v) is 12.8. The number of rotatable bonds is 8. The Bertz CT molecular complexity index is 1090. The van der Waals surface area contributed by atoms with Crippen LogP contribution >= 0.6 is 0 Å². The molecule has 0 unspecified atom stereocenters. The smallest absolute Gasteiger partial charge is 0.349 e. The molecule has 184 valence electrons. The Hall–Kier alpha value is -2.65. The third-order valence-electron chi connectivity index (χ3n) is 5.93. The van der Waals surface area contributed by atoms with Crippen molar-refractivity contribution >= 4 is 22.0 Å². The standard InChI is InChI=1S/C25H29F3N2O3S/c1-2-7-23(21-10-6-11-22(18-21)25(26,27)28)29-24(31)20-12-15-30(16-13-20)34(32,33)17-14-19-8-4-3-5-9-19/h3-6,8-11,14,17-18,20,23H,2,7,12-13,15-16H2,1H3,(H,29,31)/b17-14-/t23-/m1/s1. The van der Waals surface area contributed by atoms with E-state index in [2.05, 4.69) is 5.32 Å². The molecule has 0 radical (unpaired) electrons. The summed E-state index contributed by atoms with van der Waals surface area (Å²) in [6.07, 6.45) is -1.02. The minimum absolute atomic E-state index is 0.210. The summed E-state index contributed by atoms with van der Waals surface area (Å²) in [5.41, 5.74) is 0.440. The van der Waals surface area contributed by atoms with Gasteiger partial charge in [0.15, 0.2) is 0 Å². The molecular formula is C25H29F3N2O3S. The first-order valence-electron chi connectivity index (χ1n) is 11.3. The molecule has 0 aliphatic carbocycles. The Morgan fingerprint density at radius 1 is 1.12 bits per heavy atom. The number of amides is 1.